The van der Waals surface area contributed by atoms with Gasteiger partial charge in [0.1, 0.15) is 5.58 Å². The van der Waals surface area contributed by atoms with E-state index < -0.39 is 11.4 Å². The van der Waals surface area contributed by atoms with Crippen molar-refractivity contribution < 1.29 is 13.5 Å². The SMILES string of the molecule is COCc1cc(=O)oc2cc(Nc3nc(Cl)ncc3F)ccc12. The van der Waals surface area contributed by atoms with Gasteiger partial charge in [0, 0.05) is 30.3 Å². The first-order valence-corrected chi connectivity index (χ1v) is 6.95. The molecule has 8 heteroatoms. The molecule has 118 valence electrons. The highest BCUT2D eigenvalue weighted by atomic mass is 35.5. The predicted octanol–water partition coefficient (Wildman–Crippen LogP) is 3.27. The van der Waals surface area contributed by atoms with E-state index in [0.29, 0.717) is 16.8 Å². The molecule has 0 saturated carbocycles. The van der Waals surface area contributed by atoms with Crippen LogP contribution in [0.2, 0.25) is 5.28 Å². The van der Waals surface area contributed by atoms with Crippen molar-refractivity contribution in [1.29, 1.82) is 0 Å². The second kappa shape index (κ2) is 6.31. The summed E-state index contributed by atoms with van der Waals surface area (Å²) in [5.41, 5.74) is 1.07. The van der Waals surface area contributed by atoms with Gasteiger partial charge in [-0.2, -0.15) is 4.98 Å². The molecule has 2 aromatic heterocycles. The maximum Gasteiger partial charge on any atom is 0.336 e. The summed E-state index contributed by atoms with van der Waals surface area (Å²) in [6.07, 6.45) is 0.968. The van der Waals surface area contributed by atoms with Crippen LogP contribution in [0.25, 0.3) is 11.0 Å². The Labute approximate surface area is 134 Å². The largest absolute Gasteiger partial charge is 0.423 e. The van der Waals surface area contributed by atoms with Crippen LogP contribution in [0, 0.1) is 5.82 Å². The summed E-state index contributed by atoms with van der Waals surface area (Å²) in [6, 6.07) is 6.40. The van der Waals surface area contributed by atoms with Gasteiger partial charge in [-0.05, 0) is 29.3 Å². The van der Waals surface area contributed by atoms with Gasteiger partial charge in [-0.25, -0.2) is 14.2 Å². The lowest BCUT2D eigenvalue weighted by molar-refractivity contribution is 0.185. The molecule has 0 fully saturated rings. The van der Waals surface area contributed by atoms with Gasteiger partial charge >= 0.3 is 5.63 Å². The fourth-order valence-electron chi connectivity index (χ4n) is 2.15. The summed E-state index contributed by atoms with van der Waals surface area (Å²) in [5, 5.41) is 3.43. The Morgan fingerprint density at radius 1 is 1.39 bits per heavy atom. The van der Waals surface area contributed by atoms with Crippen LogP contribution in [0.5, 0.6) is 0 Å². The Morgan fingerprint density at radius 2 is 2.22 bits per heavy atom. The molecule has 0 aliphatic heterocycles. The molecule has 23 heavy (non-hydrogen) atoms. The molecule has 6 nitrogen and oxygen atoms in total. The fourth-order valence-corrected chi connectivity index (χ4v) is 2.29. The number of rotatable bonds is 4. The number of benzene rings is 1. The van der Waals surface area contributed by atoms with E-state index in [4.69, 9.17) is 20.8 Å². The second-order valence-corrected chi connectivity index (χ2v) is 5.03. The van der Waals surface area contributed by atoms with Gasteiger partial charge in [0.25, 0.3) is 0 Å². The number of ether oxygens (including phenoxy) is 1. The van der Waals surface area contributed by atoms with Gasteiger partial charge in [0.15, 0.2) is 11.6 Å². The lowest BCUT2D eigenvalue weighted by Crippen LogP contribution is -2.03. The maximum absolute atomic E-state index is 13.7. The molecule has 1 aromatic carbocycles. The van der Waals surface area contributed by atoms with Crippen LogP contribution >= 0.6 is 11.6 Å². The first-order valence-electron chi connectivity index (χ1n) is 6.57. The van der Waals surface area contributed by atoms with Gasteiger partial charge in [-0.3, -0.25) is 0 Å². The van der Waals surface area contributed by atoms with E-state index in [9.17, 15) is 9.18 Å². The number of nitrogens with zero attached hydrogens (tertiary/aromatic N) is 2. The highest BCUT2D eigenvalue weighted by molar-refractivity contribution is 6.28. The average molecular weight is 336 g/mol. The summed E-state index contributed by atoms with van der Waals surface area (Å²) in [7, 11) is 1.54. The van der Waals surface area contributed by atoms with Crippen LogP contribution in [-0.2, 0) is 11.3 Å². The first-order chi connectivity index (χ1) is 11.1. The quantitative estimate of drug-likeness (QED) is 0.582. The van der Waals surface area contributed by atoms with Crippen LogP contribution in [0.15, 0.2) is 39.7 Å². The Bertz CT molecular complexity index is 929. The zero-order valence-corrected chi connectivity index (χ0v) is 12.7. The minimum atomic E-state index is -0.649. The molecule has 0 amide bonds. The number of nitrogens with one attached hydrogen (secondary N) is 1. The van der Waals surface area contributed by atoms with Crippen molar-refractivity contribution in [2.75, 3.05) is 12.4 Å². The molecular weight excluding hydrogens is 325 g/mol. The van der Waals surface area contributed by atoms with Crippen molar-refractivity contribution in [1.82, 2.24) is 9.97 Å². The van der Waals surface area contributed by atoms with Crippen molar-refractivity contribution in [3.05, 3.63) is 57.5 Å². The number of fused-ring (bicyclic) bond motifs is 1. The number of aromatic nitrogens is 2. The summed E-state index contributed by atoms with van der Waals surface area (Å²) in [6.45, 7) is 0.283. The fraction of sp³-hybridized carbons (Fsp3) is 0.133. The molecule has 3 rings (SSSR count). The second-order valence-electron chi connectivity index (χ2n) is 4.70. The molecule has 0 aliphatic rings. The summed E-state index contributed by atoms with van der Waals surface area (Å²) in [5.74, 6) is -0.719. The Balaban J connectivity index is 2.03. The molecule has 0 saturated heterocycles. The minimum Gasteiger partial charge on any atom is -0.423 e. The summed E-state index contributed by atoms with van der Waals surface area (Å²) < 4.78 is 23.9. The third-order valence-electron chi connectivity index (χ3n) is 3.11. The van der Waals surface area contributed by atoms with E-state index in [0.717, 1.165) is 11.6 Å². The van der Waals surface area contributed by atoms with Gasteiger partial charge in [0.05, 0.1) is 12.8 Å². The van der Waals surface area contributed by atoms with Crippen molar-refractivity contribution in [3.8, 4) is 0 Å². The molecule has 0 radical (unpaired) electrons. The molecule has 0 aliphatic carbocycles. The predicted molar refractivity (Wildman–Crippen MR) is 83.5 cm³/mol. The zero-order chi connectivity index (χ0) is 16.4. The Morgan fingerprint density at radius 3 is 3.00 bits per heavy atom. The van der Waals surface area contributed by atoms with E-state index in [1.165, 1.54) is 13.2 Å². The van der Waals surface area contributed by atoms with Crippen LogP contribution in [-0.4, -0.2) is 17.1 Å². The van der Waals surface area contributed by atoms with Crippen molar-refractivity contribution in [2.45, 2.75) is 6.61 Å². The maximum atomic E-state index is 13.7. The Hall–Kier alpha value is -2.51. The van der Waals surface area contributed by atoms with E-state index in [2.05, 4.69) is 15.3 Å². The van der Waals surface area contributed by atoms with E-state index in [1.807, 2.05) is 0 Å². The topological polar surface area (TPSA) is 77.2 Å². The van der Waals surface area contributed by atoms with Gasteiger partial charge < -0.3 is 14.5 Å². The third kappa shape index (κ3) is 3.30. The molecule has 2 heterocycles. The van der Waals surface area contributed by atoms with Crippen molar-refractivity contribution >= 4 is 34.1 Å². The highest BCUT2D eigenvalue weighted by Gasteiger charge is 2.09. The standard InChI is InChI=1S/C15H11ClFN3O3/c1-22-7-8-4-13(21)23-12-5-9(2-3-10(8)12)19-14-11(17)6-18-15(16)20-14/h2-6H,7H2,1H3,(H,18,19,20). The van der Waals surface area contributed by atoms with E-state index >= 15 is 0 Å². The van der Waals surface area contributed by atoms with E-state index in [-0.39, 0.29) is 17.7 Å². The van der Waals surface area contributed by atoms with Crippen molar-refractivity contribution in [3.63, 3.8) is 0 Å². The average Bonchev–Trinajstić information content (AvgIpc) is 2.51. The van der Waals surface area contributed by atoms with Gasteiger partial charge in [0.2, 0.25) is 5.28 Å². The van der Waals surface area contributed by atoms with Crippen LogP contribution in [0.4, 0.5) is 15.9 Å². The summed E-state index contributed by atoms with van der Waals surface area (Å²) >= 11 is 5.65. The smallest absolute Gasteiger partial charge is 0.336 e. The Kier molecular flexibility index (Phi) is 4.22. The van der Waals surface area contributed by atoms with Gasteiger partial charge in [-0.15, -0.1) is 0 Å². The van der Waals surface area contributed by atoms with Crippen LogP contribution in [0.1, 0.15) is 5.56 Å². The number of hydrogen-bond acceptors (Lipinski definition) is 6. The molecule has 3 aromatic rings. The third-order valence-corrected chi connectivity index (χ3v) is 3.29. The lowest BCUT2D eigenvalue weighted by Gasteiger charge is -2.09. The van der Waals surface area contributed by atoms with E-state index in [1.54, 1.807) is 18.2 Å². The molecule has 0 unspecified atom stereocenters. The monoisotopic (exact) mass is 335 g/mol. The van der Waals surface area contributed by atoms with Crippen LogP contribution < -0.4 is 10.9 Å². The van der Waals surface area contributed by atoms with Gasteiger partial charge in [-0.1, -0.05) is 0 Å². The summed E-state index contributed by atoms with van der Waals surface area (Å²) in [4.78, 5) is 18.9. The van der Waals surface area contributed by atoms with Crippen molar-refractivity contribution in [2.24, 2.45) is 0 Å². The van der Waals surface area contributed by atoms with Crippen LogP contribution in [0.3, 0.4) is 0 Å². The molecule has 1 N–H and O–H groups in total. The minimum absolute atomic E-state index is 0.0697. The first kappa shape index (κ1) is 15.4. The number of hydrogen-bond donors (Lipinski definition) is 1. The number of methoxy groups -OCH3 is 1. The molecule has 0 atom stereocenters. The molecule has 0 spiro atoms. The number of halogens is 2. The normalized spacial score (nSPS) is 10.9. The lowest BCUT2D eigenvalue weighted by atomic mass is 10.1. The molecular formula is C15H11ClFN3O3. The number of anilines is 2. The zero-order valence-electron chi connectivity index (χ0n) is 12.0. The highest BCUT2D eigenvalue weighted by Crippen LogP contribution is 2.24. The molecule has 0 bridgehead atoms.